The number of anilines is 1. The summed E-state index contributed by atoms with van der Waals surface area (Å²) in [6, 6.07) is 6.41. The molecule has 0 radical (unpaired) electrons. The van der Waals surface area contributed by atoms with Crippen LogP contribution in [0, 0.1) is 0 Å². The number of primary amides is 1. The average molecular weight is 261 g/mol. The topological polar surface area (TPSA) is 123 Å². The summed E-state index contributed by atoms with van der Waals surface area (Å²) in [6.07, 6.45) is 1.26. The second kappa shape index (κ2) is 5.63. The van der Waals surface area contributed by atoms with Crippen molar-refractivity contribution in [2.75, 3.05) is 11.9 Å². The number of aromatic amines is 1. The summed E-state index contributed by atoms with van der Waals surface area (Å²) in [5.74, 6) is -0.582. The minimum atomic E-state index is -0.619. The zero-order valence-electron chi connectivity index (χ0n) is 9.79. The van der Waals surface area contributed by atoms with E-state index in [0.29, 0.717) is 0 Å². The van der Waals surface area contributed by atoms with E-state index in [9.17, 15) is 9.59 Å². The van der Waals surface area contributed by atoms with E-state index in [-0.39, 0.29) is 23.9 Å². The molecule has 1 aromatic heterocycles. The van der Waals surface area contributed by atoms with E-state index in [1.807, 2.05) is 0 Å². The Bertz CT molecular complexity index is 582. The molecule has 0 aliphatic heterocycles. The van der Waals surface area contributed by atoms with Crippen LogP contribution < -0.4 is 15.8 Å². The number of benzene rings is 1. The van der Waals surface area contributed by atoms with Crippen LogP contribution in [0.25, 0.3) is 0 Å². The largest absolute Gasteiger partial charge is 0.483 e. The number of rotatable bonds is 5. The molecule has 1 heterocycles. The van der Waals surface area contributed by atoms with E-state index < -0.39 is 11.8 Å². The first-order valence-corrected chi connectivity index (χ1v) is 5.33. The van der Waals surface area contributed by atoms with E-state index in [0.717, 1.165) is 0 Å². The molecule has 2 rings (SSSR count). The number of nitrogens with two attached hydrogens (primary N) is 1. The van der Waals surface area contributed by atoms with Gasteiger partial charge in [-0.1, -0.05) is 12.1 Å². The Morgan fingerprint density at radius 1 is 1.37 bits per heavy atom. The molecule has 0 spiro atoms. The number of hydrogen-bond donors (Lipinski definition) is 3. The highest BCUT2D eigenvalue weighted by molar-refractivity contribution is 5.96. The average Bonchev–Trinajstić information content (AvgIpc) is 2.89. The van der Waals surface area contributed by atoms with Gasteiger partial charge in [0.2, 0.25) is 5.95 Å². The van der Waals surface area contributed by atoms with Gasteiger partial charge in [-0.3, -0.25) is 14.9 Å². The molecule has 4 N–H and O–H groups in total. The molecule has 19 heavy (non-hydrogen) atoms. The standard InChI is InChI=1S/C11H11N5O3/c12-10(18)7-3-1-2-4-8(7)19-5-9(17)15-11-13-6-14-16-11/h1-4,6H,5H2,(H2,12,18)(H2,13,14,15,16,17). The van der Waals surface area contributed by atoms with Crippen molar-refractivity contribution in [2.24, 2.45) is 5.73 Å². The Kier molecular flexibility index (Phi) is 3.72. The Morgan fingerprint density at radius 3 is 2.84 bits per heavy atom. The number of aromatic nitrogens is 3. The van der Waals surface area contributed by atoms with Crippen LogP contribution in [0.1, 0.15) is 10.4 Å². The second-order valence-corrected chi connectivity index (χ2v) is 3.53. The monoisotopic (exact) mass is 261 g/mol. The van der Waals surface area contributed by atoms with Gasteiger partial charge >= 0.3 is 0 Å². The minimum Gasteiger partial charge on any atom is -0.483 e. The molecule has 0 aliphatic rings. The van der Waals surface area contributed by atoms with E-state index in [1.165, 1.54) is 12.4 Å². The van der Waals surface area contributed by atoms with E-state index >= 15 is 0 Å². The van der Waals surface area contributed by atoms with Crippen LogP contribution in [0.5, 0.6) is 5.75 Å². The predicted molar refractivity (Wildman–Crippen MR) is 65.5 cm³/mol. The van der Waals surface area contributed by atoms with Crippen molar-refractivity contribution in [2.45, 2.75) is 0 Å². The predicted octanol–water partition coefficient (Wildman–Crippen LogP) is -0.0789. The van der Waals surface area contributed by atoms with Crippen LogP contribution in [0.15, 0.2) is 30.6 Å². The molecule has 8 nitrogen and oxygen atoms in total. The summed E-state index contributed by atoms with van der Waals surface area (Å²) < 4.78 is 5.23. The van der Waals surface area contributed by atoms with Crippen molar-refractivity contribution in [1.82, 2.24) is 15.2 Å². The van der Waals surface area contributed by atoms with Crippen LogP contribution in [-0.4, -0.2) is 33.6 Å². The number of H-pyrrole nitrogens is 1. The maximum Gasteiger partial charge on any atom is 0.264 e. The van der Waals surface area contributed by atoms with Crippen LogP contribution in [0.2, 0.25) is 0 Å². The number of carbonyl (C=O) groups excluding carboxylic acids is 2. The van der Waals surface area contributed by atoms with Crippen LogP contribution in [-0.2, 0) is 4.79 Å². The molecule has 1 aromatic carbocycles. The van der Waals surface area contributed by atoms with Gasteiger partial charge in [0.05, 0.1) is 5.56 Å². The van der Waals surface area contributed by atoms with E-state index in [4.69, 9.17) is 10.5 Å². The molecule has 0 unspecified atom stereocenters. The Morgan fingerprint density at radius 2 is 2.16 bits per heavy atom. The Labute approximate surface area is 108 Å². The first kappa shape index (κ1) is 12.6. The van der Waals surface area contributed by atoms with Crippen LogP contribution >= 0.6 is 0 Å². The lowest BCUT2D eigenvalue weighted by Crippen LogP contribution is -2.22. The number of nitrogens with zero attached hydrogens (tertiary/aromatic N) is 2. The van der Waals surface area contributed by atoms with E-state index in [2.05, 4.69) is 20.5 Å². The van der Waals surface area contributed by atoms with Gasteiger partial charge in [-0.15, -0.1) is 0 Å². The fraction of sp³-hybridized carbons (Fsp3) is 0.0909. The molecule has 0 atom stereocenters. The molecule has 0 saturated carbocycles. The molecule has 8 heteroatoms. The summed E-state index contributed by atoms with van der Waals surface area (Å²) >= 11 is 0. The molecule has 2 aromatic rings. The number of amides is 2. The first-order chi connectivity index (χ1) is 9.16. The third kappa shape index (κ3) is 3.28. The van der Waals surface area contributed by atoms with Crippen LogP contribution in [0.3, 0.4) is 0 Å². The number of carbonyl (C=O) groups is 2. The van der Waals surface area contributed by atoms with Gasteiger partial charge in [0.1, 0.15) is 12.1 Å². The third-order valence-electron chi connectivity index (χ3n) is 2.18. The molecule has 0 saturated heterocycles. The van der Waals surface area contributed by atoms with Gasteiger partial charge in [0.15, 0.2) is 6.61 Å². The smallest absolute Gasteiger partial charge is 0.264 e. The summed E-state index contributed by atoms with van der Waals surface area (Å²) in [7, 11) is 0. The summed E-state index contributed by atoms with van der Waals surface area (Å²) in [5, 5.41) is 8.48. The maximum atomic E-state index is 11.5. The van der Waals surface area contributed by atoms with E-state index in [1.54, 1.807) is 18.2 Å². The van der Waals surface area contributed by atoms with Gasteiger partial charge in [-0.2, -0.15) is 10.1 Å². The first-order valence-electron chi connectivity index (χ1n) is 5.33. The number of nitrogens with one attached hydrogen (secondary N) is 2. The summed E-state index contributed by atoms with van der Waals surface area (Å²) in [5.41, 5.74) is 5.41. The van der Waals surface area contributed by atoms with Gasteiger partial charge in [-0.25, -0.2) is 5.10 Å². The Balaban J connectivity index is 1.95. The zero-order valence-corrected chi connectivity index (χ0v) is 9.79. The van der Waals surface area contributed by atoms with Crippen molar-refractivity contribution >= 4 is 17.8 Å². The molecule has 0 aliphatic carbocycles. The van der Waals surface area contributed by atoms with Gasteiger partial charge in [-0.05, 0) is 12.1 Å². The molecule has 2 amide bonds. The molecule has 0 bridgehead atoms. The van der Waals surface area contributed by atoms with Gasteiger partial charge in [0.25, 0.3) is 11.8 Å². The lowest BCUT2D eigenvalue weighted by atomic mass is 10.2. The van der Waals surface area contributed by atoms with Crippen molar-refractivity contribution < 1.29 is 14.3 Å². The summed E-state index contributed by atoms with van der Waals surface area (Å²) in [4.78, 5) is 26.4. The highest BCUT2D eigenvalue weighted by Gasteiger charge is 2.10. The third-order valence-corrected chi connectivity index (χ3v) is 2.18. The molecular weight excluding hydrogens is 250 g/mol. The Hall–Kier alpha value is -2.90. The minimum absolute atomic E-state index is 0.218. The number of hydrogen-bond acceptors (Lipinski definition) is 5. The lowest BCUT2D eigenvalue weighted by molar-refractivity contribution is -0.118. The van der Waals surface area contributed by atoms with Crippen LogP contribution in [0.4, 0.5) is 5.95 Å². The van der Waals surface area contributed by atoms with Crippen molar-refractivity contribution in [3.63, 3.8) is 0 Å². The maximum absolute atomic E-state index is 11.5. The van der Waals surface area contributed by atoms with Crippen molar-refractivity contribution in [3.8, 4) is 5.75 Å². The number of ether oxygens (including phenoxy) is 1. The number of para-hydroxylation sites is 1. The normalized spacial score (nSPS) is 9.89. The highest BCUT2D eigenvalue weighted by Crippen LogP contribution is 2.16. The molecular formula is C11H11N5O3. The lowest BCUT2D eigenvalue weighted by Gasteiger charge is -2.08. The fourth-order valence-corrected chi connectivity index (χ4v) is 1.37. The fourth-order valence-electron chi connectivity index (χ4n) is 1.37. The van der Waals surface area contributed by atoms with Gasteiger partial charge in [0, 0.05) is 0 Å². The molecule has 0 fully saturated rings. The van der Waals surface area contributed by atoms with Crippen molar-refractivity contribution in [3.05, 3.63) is 36.2 Å². The van der Waals surface area contributed by atoms with Crippen molar-refractivity contribution in [1.29, 1.82) is 0 Å². The quantitative estimate of drug-likeness (QED) is 0.694. The second-order valence-electron chi connectivity index (χ2n) is 3.53. The highest BCUT2D eigenvalue weighted by atomic mass is 16.5. The van der Waals surface area contributed by atoms with Gasteiger partial charge < -0.3 is 10.5 Å². The SMILES string of the molecule is NC(=O)c1ccccc1OCC(=O)Nc1ncn[nH]1. The molecule has 98 valence electrons. The zero-order chi connectivity index (χ0) is 13.7. The summed E-state index contributed by atoms with van der Waals surface area (Å²) in [6.45, 7) is -0.273.